The monoisotopic (exact) mass is 395 g/mol. The van der Waals surface area contributed by atoms with Crippen LogP contribution in [0.15, 0.2) is 46.6 Å². The number of amides is 1. The second-order valence-corrected chi connectivity index (χ2v) is 7.53. The lowest BCUT2D eigenvalue weighted by Gasteiger charge is -2.09. The van der Waals surface area contributed by atoms with Crippen LogP contribution in [0, 0.1) is 0 Å². The number of rotatable bonds is 7. The van der Waals surface area contributed by atoms with Crippen molar-refractivity contribution in [1.29, 1.82) is 0 Å². The minimum atomic E-state index is -0.0798. The molecule has 1 N–H and O–H groups in total. The zero-order valence-electron chi connectivity index (χ0n) is 15.6. The topological polar surface area (TPSA) is 81.3 Å². The number of aryl methyl sites for hydroxylation is 2. The maximum absolute atomic E-state index is 12.8. The van der Waals surface area contributed by atoms with E-state index in [0.717, 1.165) is 24.0 Å². The Labute approximate surface area is 165 Å². The van der Waals surface area contributed by atoms with Crippen LogP contribution in [0.3, 0.4) is 0 Å². The Bertz CT molecular complexity index is 1180. The molecule has 1 amide bonds. The number of para-hydroxylation sites is 1. The summed E-state index contributed by atoms with van der Waals surface area (Å²) in [6.07, 6.45) is 2.61. The lowest BCUT2D eigenvalue weighted by molar-refractivity contribution is -0.116. The Kier molecular flexibility index (Phi) is 5.21. The summed E-state index contributed by atoms with van der Waals surface area (Å²) in [5.41, 5.74) is 1.56. The molecule has 1 aromatic carbocycles. The van der Waals surface area contributed by atoms with Gasteiger partial charge in [0.1, 0.15) is 10.5 Å². The van der Waals surface area contributed by atoms with E-state index in [9.17, 15) is 9.59 Å². The first-order valence-electron chi connectivity index (χ1n) is 9.38. The van der Waals surface area contributed by atoms with Crippen LogP contribution < -0.4 is 10.9 Å². The first-order chi connectivity index (χ1) is 13.7. The highest BCUT2D eigenvalue weighted by Crippen LogP contribution is 2.20. The Morgan fingerprint density at radius 2 is 2.00 bits per heavy atom. The zero-order chi connectivity index (χ0) is 19.5. The molecule has 0 aliphatic carbocycles. The second kappa shape index (κ2) is 7.93. The van der Waals surface area contributed by atoms with Gasteiger partial charge < -0.3 is 5.32 Å². The molecule has 28 heavy (non-hydrogen) atoms. The largest absolute Gasteiger partial charge is 0.326 e. The lowest BCUT2D eigenvalue weighted by Crippen LogP contribution is -2.23. The van der Waals surface area contributed by atoms with Gasteiger partial charge in [-0.25, -0.2) is 0 Å². The van der Waals surface area contributed by atoms with Gasteiger partial charge in [-0.3, -0.25) is 18.6 Å². The smallest absolute Gasteiger partial charge is 0.272 e. The van der Waals surface area contributed by atoms with Gasteiger partial charge in [0.2, 0.25) is 11.7 Å². The predicted octanol–water partition coefficient (Wildman–Crippen LogP) is 3.48. The van der Waals surface area contributed by atoms with Crippen molar-refractivity contribution in [3.63, 3.8) is 0 Å². The molecular formula is C20H21N5O2S. The average molecular weight is 395 g/mol. The Morgan fingerprint density at radius 3 is 2.79 bits per heavy atom. The number of fused-ring (bicyclic) bond motifs is 3. The third kappa shape index (κ3) is 3.43. The van der Waals surface area contributed by atoms with Crippen LogP contribution in [0.2, 0.25) is 0 Å². The van der Waals surface area contributed by atoms with Crippen molar-refractivity contribution in [1.82, 2.24) is 19.2 Å². The molecule has 3 aromatic heterocycles. The summed E-state index contributed by atoms with van der Waals surface area (Å²) in [4.78, 5) is 25.1. The number of carbonyl (C=O) groups excluding carboxylic acids is 1. The number of carbonyl (C=O) groups is 1. The summed E-state index contributed by atoms with van der Waals surface area (Å²) in [6.45, 7) is 2.70. The Balaban J connectivity index is 1.64. The maximum atomic E-state index is 12.8. The third-order valence-electron chi connectivity index (χ3n) is 4.65. The number of nitrogens with one attached hydrogen (secondary N) is 1. The number of nitrogens with zero attached hydrogens (tertiary/aromatic N) is 4. The van der Waals surface area contributed by atoms with Crippen molar-refractivity contribution >= 4 is 38.9 Å². The fourth-order valence-corrected chi connectivity index (χ4v) is 4.05. The minimum absolute atomic E-state index is 0.0216. The summed E-state index contributed by atoms with van der Waals surface area (Å²) < 4.78 is 4.31. The first-order valence-corrected chi connectivity index (χ1v) is 10.3. The molecule has 3 heterocycles. The molecule has 4 rings (SSSR count). The van der Waals surface area contributed by atoms with Gasteiger partial charge >= 0.3 is 0 Å². The molecule has 0 unspecified atom stereocenters. The quantitative estimate of drug-likeness (QED) is 0.519. The molecule has 7 nitrogen and oxygen atoms in total. The van der Waals surface area contributed by atoms with E-state index in [1.165, 1.54) is 11.3 Å². The number of unbranched alkanes of at least 4 members (excludes halogenated alkanes) is 1. The van der Waals surface area contributed by atoms with Crippen LogP contribution in [0.25, 0.3) is 16.0 Å². The van der Waals surface area contributed by atoms with Gasteiger partial charge in [-0.1, -0.05) is 31.5 Å². The summed E-state index contributed by atoms with van der Waals surface area (Å²) in [5, 5.41) is 13.4. The van der Waals surface area contributed by atoms with E-state index in [1.807, 2.05) is 46.2 Å². The van der Waals surface area contributed by atoms with Crippen LogP contribution >= 0.6 is 11.3 Å². The summed E-state index contributed by atoms with van der Waals surface area (Å²) in [5.74, 6) is 1.15. The normalized spacial score (nSPS) is 11.3. The van der Waals surface area contributed by atoms with Gasteiger partial charge in [0.15, 0.2) is 0 Å². The lowest BCUT2D eigenvalue weighted by atomic mass is 10.2. The Morgan fingerprint density at radius 1 is 1.18 bits per heavy atom. The fraction of sp³-hybridized carbons (Fsp3) is 0.300. The molecule has 4 aromatic rings. The van der Waals surface area contributed by atoms with Crippen molar-refractivity contribution in [2.45, 2.75) is 39.2 Å². The maximum Gasteiger partial charge on any atom is 0.272 e. The SMILES string of the molecule is CCCCn1c(=O)c2sccc2n2c(CCC(=O)Nc3ccccc3)nnc12. The molecule has 0 spiro atoms. The highest BCUT2D eigenvalue weighted by atomic mass is 32.1. The highest BCUT2D eigenvalue weighted by molar-refractivity contribution is 7.17. The van der Waals surface area contributed by atoms with E-state index in [-0.39, 0.29) is 17.9 Å². The van der Waals surface area contributed by atoms with Crippen molar-refractivity contribution in [2.24, 2.45) is 0 Å². The highest BCUT2D eigenvalue weighted by Gasteiger charge is 2.17. The second-order valence-electron chi connectivity index (χ2n) is 6.61. The predicted molar refractivity (Wildman–Crippen MR) is 111 cm³/mol. The van der Waals surface area contributed by atoms with Crippen LogP contribution in [0.1, 0.15) is 32.0 Å². The van der Waals surface area contributed by atoms with Gasteiger partial charge in [-0.15, -0.1) is 21.5 Å². The van der Waals surface area contributed by atoms with Crippen molar-refractivity contribution < 1.29 is 4.79 Å². The molecule has 0 bridgehead atoms. The zero-order valence-corrected chi connectivity index (χ0v) is 16.4. The van der Waals surface area contributed by atoms with E-state index >= 15 is 0 Å². The van der Waals surface area contributed by atoms with Gasteiger partial charge in [0.05, 0.1) is 5.52 Å². The van der Waals surface area contributed by atoms with E-state index < -0.39 is 0 Å². The first kappa shape index (κ1) is 18.4. The van der Waals surface area contributed by atoms with Crippen LogP contribution in [0.4, 0.5) is 5.69 Å². The van der Waals surface area contributed by atoms with Gasteiger partial charge in [0, 0.05) is 25.1 Å². The van der Waals surface area contributed by atoms with Crippen molar-refractivity contribution in [2.75, 3.05) is 5.32 Å². The summed E-state index contributed by atoms with van der Waals surface area (Å²) in [7, 11) is 0. The van der Waals surface area contributed by atoms with Crippen molar-refractivity contribution in [3.8, 4) is 0 Å². The van der Waals surface area contributed by atoms with E-state index in [4.69, 9.17) is 0 Å². The van der Waals surface area contributed by atoms with Crippen molar-refractivity contribution in [3.05, 3.63) is 58.0 Å². The molecule has 0 atom stereocenters. The number of aromatic nitrogens is 4. The number of hydrogen-bond acceptors (Lipinski definition) is 5. The number of anilines is 1. The summed E-state index contributed by atoms with van der Waals surface area (Å²) >= 11 is 1.43. The minimum Gasteiger partial charge on any atom is -0.326 e. The van der Waals surface area contributed by atoms with Gasteiger partial charge in [-0.05, 0) is 30.0 Å². The molecule has 0 saturated carbocycles. The molecule has 144 valence electrons. The fourth-order valence-electron chi connectivity index (χ4n) is 3.23. The van der Waals surface area contributed by atoms with E-state index in [2.05, 4.69) is 22.4 Å². The van der Waals surface area contributed by atoms with Gasteiger partial charge in [0.25, 0.3) is 5.56 Å². The average Bonchev–Trinajstić information content (AvgIpc) is 3.34. The molecular weight excluding hydrogens is 374 g/mol. The van der Waals surface area contributed by atoms with E-state index in [1.54, 1.807) is 4.57 Å². The summed E-state index contributed by atoms with van der Waals surface area (Å²) in [6, 6.07) is 11.3. The molecule has 8 heteroatoms. The molecule has 0 aliphatic heterocycles. The van der Waals surface area contributed by atoms with Gasteiger partial charge in [-0.2, -0.15) is 0 Å². The number of hydrogen-bond donors (Lipinski definition) is 1. The van der Waals surface area contributed by atoms with Crippen LogP contribution in [-0.2, 0) is 17.8 Å². The number of thiophene rings is 1. The van der Waals surface area contributed by atoms with E-state index in [0.29, 0.717) is 29.3 Å². The molecule has 0 aliphatic rings. The molecule has 0 saturated heterocycles. The third-order valence-corrected chi connectivity index (χ3v) is 5.54. The molecule has 0 radical (unpaired) electrons. The standard InChI is InChI=1S/C20H21N5O2S/c1-2-3-12-24-19(27)18-15(11-13-28-18)25-16(22-23-20(24)25)9-10-17(26)21-14-7-5-4-6-8-14/h4-8,11,13H,2-3,9-10,12H2,1H3,(H,21,26). The van der Waals surface area contributed by atoms with Crippen LogP contribution in [0.5, 0.6) is 0 Å². The molecule has 0 fully saturated rings. The van der Waals surface area contributed by atoms with Crippen LogP contribution in [-0.4, -0.2) is 25.1 Å². The Hall–Kier alpha value is -3.00. The number of benzene rings is 1.